The van der Waals surface area contributed by atoms with Gasteiger partial charge >= 0.3 is 0 Å². The van der Waals surface area contributed by atoms with Crippen molar-refractivity contribution in [1.29, 1.82) is 0 Å². The molecule has 0 bridgehead atoms. The first-order chi connectivity index (χ1) is 15.7. The Kier molecular flexibility index (Phi) is 10.9. The maximum absolute atomic E-state index is 12.0. The van der Waals surface area contributed by atoms with Gasteiger partial charge in [0, 0.05) is 62.1 Å². The predicted molar refractivity (Wildman–Crippen MR) is 138 cm³/mol. The zero-order chi connectivity index (χ0) is 22.4. The van der Waals surface area contributed by atoms with E-state index in [1.165, 1.54) is 0 Å². The molecule has 2 aromatic carbocycles. The van der Waals surface area contributed by atoms with Crippen molar-refractivity contribution in [2.45, 2.75) is 0 Å². The van der Waals surface area contributed by atoms with E-state index in [9.17, 15) is 9.59 Å². The Balaban J connectivity index is 1.17. The number of anilines is 2. The number of nitrogens with one attached hydrogen (secondary N) is 2. The van der Waals surface area contributed by atoms with E-state index >= 15 is 0 Å². The summed E-state index contributed by atoms with van der Waals surface area (Å²) in [7, 11) is 0. The van der Waals surface area contributed by atoms with Gasteiger partial charge in [0.15, 0.2) is 0 Å². The Labute approximate surface area is 199 Å². The van der Waals surface area contributed by atoms with Crippen LogP contribution < -0.4 is 10.6 Å². The summed E-state index contributed by atoms with van der Waals surface area (Å²) in [6, 6.07) is 19.2. The van der Waals surface area contributed by atoms with Crippen LogP contribution in [0, 0.1) is 0 Å². The van der Waals surface area contributed by atoms with Gasteiger partial charge in [0.1, 0.15) is 0 Å². The molecule has 1 aliphatic heterocycles. The molecular weight excluding hydrogens is 440 g/mol. The molecule has 32 heavy (non-hydrogen) atoms. The molecule has 3 rings (SSSR count). The van der Waals surface area contributed by atoms with E-state index in [1.807, 2.05) is 60.7 Å². The summed E-state index contributed by atoms with van der Waals surface area (Å²) >= 11 is 3.37. The van der Waals surface area contributed by atoms with Gasteiger partial charge < -0.3 is 10.6 Å². The van der Waals surface area contributed by atoms with Crippen LogP contribution in [0.3, 0.4) is 0 Å². The van der Waals surface area contributed by atoms with Crippen LogP contribution in [0.2, 0.25) is 0 Å². The van der Waals surface area contributed by atoms with E-state index in [0.29, 0.717) is 11.5 Å². The van der Waals surface area contributed by atoms with Crippen molar-refractivity contribution in [3.63, 3.8) is 0 Å². The molecular formula is C24H32N4O2S2. The highest BCUT2D eigenvalue weighted by atomic mass is 32.2. The summed E-state index contributed by atoms with van der Waals surface area (Å²) in [5.41, 5.74) is 1.70. The summed E-state index contributed by atoms with van der Waals surface area (Å²) in [5.74, 6) is 3.03. The minimum absolute atomic E-state index is 0.0565. The number of carbonyl (C=O) groups excluding carboxylic acids is 2. The van der Waals surface area contributed by atoms with Gasteiger partial charge in [-0.15, -0.1) is 0 Å². The SMILES string of the molecule is O=C(CSCCN1CCN(CCSCC(=O)Nc2ccccc2)CC1)Nc1ccccc1. The van der Waals surface area contributed by atoms with Gasteiger partial charge in [-0.25, -0.2) is 0 Å². The molecule has 0 atom stereocenters. The maximum Gasteiger partial charge on any atom is 0.234 e. The molecule has 1 aliphatic rings. The lowest BCUT2D eigenvalue weighted by Crippen LogP contribution is -2.47. The van der Waals surface area contributed by atoms with Crippen molar-refractivity contribution >= 4 is 46.7 Å². The zero-order valence-corrected chi connectivity index (χ0v) is 20.0. The molecule has 2 amide bonds. The molecule has 0 unspecified atom stereocenters. The van der Waals surface area contributed by atoms with Gasteiger partial charge in [0.05, 0.1) is 11.5 Å². The molecule has 2 N–H and O–H groups in total. The van der Waals surface area contributed by atoms with Crippen LogP contribution in [0.4, 0.5) is 11.4 Å². The van der Waals surface area contributed by atoms with Gasteiger partial charge in [0.2, 0.25) is 11.8 Å². The molecule has 172 valence electrons. The first-order valence-electron chi connectivity index (χ1n) is 11.0. The van der Waals surface area contributed by atoms with Crippen LogP contribution in [0.5, 0.6) is 0 Å². The lowest BCUT2D eigenvalue weighted by molar-refractivity contribution is -0.114. The Bertz CT molecular complexity index is 746. The minimum Gasteiger partial charge on any atom is -0.325 e. The number of nitrogens with zero attached hydrogens (tertiary/aromatic N) is 2. The number of amides is 2. The molecule has 1 saturated heterocycles. The normalized spacial score (nSPS) is 14.8. The van der Waals surface area contributed by atoms with Crippen LogP contribution in [0.25, 0.3) is 0 Å². The average Bonchev–Trinajstić information content (AvgIpc) is 2.82. The summed E-state index contributed by atoms with van der Waals surface area (Å²) in [6.45, 7) is 6.30. The van der Waals surface area contributed by atoms with Crippen LogP contribution in [-0.2, 0) is 9.59 Å². The molecule has 6 nitrogen and oxygen atoms in total. The highest BCUT2D eigenvalue weighted by Crippen LogP contribution is 2.10. The third-order valence-electron chi connectivity index (χ3n) is 5.15. The number of benzene rings is 2. The summed E-state index contributed by atoms with van der Waals surface area (Å²) in [5, 5.41) is 5.84. The first-order valence-corrected chi connectivity index (χ1v) is 13.3. The van der Waals surface area contributed by atoms with Crippen LogP contribution in [0.1, 0.15) is 0 Å². The fourth-order valence-electron chi connectivity index (χ4n) is 3.39. The molecule has 0 radical (unpaired) electrons. The van der Waals surface area contributed by atoms with Crippen LogP contribution >= 0.6 is 23.5 Å². The van der Waals surface area contributed by atoms with Gasteiger partial charge in [-0.2, -0.15) is 23.5 Å². The lowest BCUT2D eigenvalue weighted by atomic mass is 10.3. The Morgan fingerprint density at radius 1 is 0.656 bits per heavy atom. The third kappa shape index (κ3) is 9.65. The van der Waals surface area contributed by atoms with Crippen molar-refractivity contribution in [1.82, 2.24) is 9.80 Å². The zero-order valence-electron chi connectivity index (χ0n) is 18.4. The van der Waals surface area contributed by atoms with Gasteiger partial charge in [-0.05, 0) is 24.3 Å². The maximum atomic E-state index is 12.0. The monoisotopic (exact) mass is 472 g/mol. The molecule has 0 aromatic heterocycles. The molecule has 1 fully saturated rings. The summed E-state index contributed by atoms with van der Waals surface area (Å²) in [4.78, 5) is 28.9. The Hall–Kier alpha value is -2.00. The summed E-state index contributed by atoms with van der Waals surface area (Å²) in [6.07, 6.45) is 0. The Morgan fingerprint density at radius 2 is 1.03 bits per heavy atom. The highest BCUT2D eigenvalue weighted by molar-refractivity contribution is 8.00. The topological polar surface area (TPSA) is 64.7 Å². The number of rotatable bonds is 12. The van der Waals surface area contributed by atoms with E-state index in [2.05, 4.69) is 20.4 Å². The molecule has 0 spiro atoms. The number of carbonyl (C=O) groups is 2. The molecule has 1 heterocycles. The third-order valence-corrected chi connectivity index (χ3v) is 7.03. The van der Waals surface area contributed by atoms with Crippen LogP contribution in [0.15, 0.2) is 60.7 Å². The number of hydrogen-bond donors (Lipinski definition) is 2. The second kappa shape index (κ2) is 14.2. The molecule has 2 aromatic rings. The fraction of sp³-hybridized carbons (Fsp3) is 0.417. The van der Waals surface area contributed by atoms with Crippen molar-refractivity contribution in [3.8, 4) is 0 Å². The van der Waals surface area contributed by atoms with Gasteiger partial charge in [-0.3, -0.25) is 19.4 Å². The van der Waals surface area contributed by atoms with Crippen molar-refractivity contribution in [2.24, 2.45) is 0 Å². The second-order valence-electron chi connectivity index (χ2n) is 7.62. The number of hydrogen-bond acceptors (Lipinski definition) is 6. The number of piperazine rings is 1. The largest absolute Gasteiger partial charge is 0.325 e. The lowest BCUT2D eigenvalue weighted by Gasteiger charge is -2.34. The molecule has 8 heteroatoms. The van der Waals surface area contributed by atoms with Crippen molar-refractivity contribution < 1.29 is 9.59 Å². The smallest absolute Gasteiger partial charge is 0.234 e. The highest BCUT2D eigenvalue weighted by Gasteiger charge is 2.16. The predicted octanol–water partition coefficient (Wildman–Crippen LogP) is 3.35. The van der Waals surface area contributed by atoms with E-state index in [0.717, 1.165) is 62.1 Å². The first kappa shape index (κ1) is 24.6. The van der Waals surface area contributed by atoms with E-state index in [-0.39, 0.29) is 11.8 Å². The quantitative estimate of drug-likeness (QED) is 0.462. The Morgan fingerprint density at radius 3 is 1.41 bits per heavy atom. The van der Waals surface area contributed by atoms with E-state index < -0.39 is 0 Å². The molecule has 0 saturated carbocycles. The van der Waals surface area contributed by atoms with Gasteiger partial charge in [0.25, 0.3) is 0 Å². The van der Waals surface area contributed by atoms with Crippen molar-refractivity contribution in [2.75, 3.05) is 72.9 Å². The summed E-state index contributed by atoms with van der Waals surface area (Å²) < 4.78 is 0. The van der Waals surface area contributed by atoms with E-state index in [4.69, 9.17) is 0 Å². The second-order valence-corrected chi connectivity index (χ2v) is 9.83. The molecule has 0 aliphatic carbocycles. The average molecular weight is 473 g/mol. The van der Waals surface area contributed by atoms with Crippen LogP contribution in [-0.4, -0.2) is 83.9 Å². The van der Waals surface area contributed by atoms with Crippen molar-refractivity contribution in [3.05, 3.63) is 60.7 Å². The fourth-order valence-corrected chi connectivity index (χ4v) is 4.97. The van der Waals surface area contributed by atoms with E-state index in [1.54, 1.807) is 23.5 Å². The number of para-hydroxylation sites is 2. The number of thioether (sulfide) groups is 2. The standard InChI is InChI=1S/C24H32N4O2S2/c29-23(25-21-7-3-1-4-8-21)19-31-17-15-27-11-13-28(14-12-27)16-18-32-20-24(30)26-22-9-5-2-6-10-22/h1-10H,11-20H2,(H,25,29)(H,26,30). The minimum atomic E-state index is 0.0565. The van der Waals surface area contributed by atoms with Gasteiger partial charge in [-0.1, -0.05) is 36.4 Å².